The minimum atomic E-state index is -0.357. The maximum Gasteiger partial charge on any atom is 0.226 e. The van der Waals surface area contributed by atoms with E-state index in [1.165, 1.54) is 0 Å². The number of hydrogen-bond acceptors (Lipinski definition) is 5. The molecule has 1 saturated carbocycles. The van der Waals surface area contributed by atoms with Crippen LogP contribution in [0.1, 0.15) is 73.1 Å². The van der Waals surface area contributed by atoms with Gasteiger partial charge in [0.15, 0.2) is 5.78 Å². The number of piperidine rings is 1. The SMILES string of the molecule is CC[C@H](C)[C@@H]([C@@H](CC(C)=O)OC)N(C)C(=O)C(CC(=O)[C@H]1N[C@@H]2CC[C@H]1C2)C(C)C. The Morgan fingerprint density at radius 3 is 2.23 bits per heavy atom. The zero-order valence-electron chi connectivity index (χ0n) is 19.9. The number of Topliss-reactive ketones (excluding diaryl/α,β-unsaturated/α-hetero) is 2. The summed E-state index contributed by atoms with van der Waals surface area (Å²) in [5.74, 6) is 0.531. The Hall–Kier alpha value is -1.27. The van der Waals surface area contributed by atoms with E-state index in [-0.39, 0.29) is 66.3 Å². The molecule has 6 heteroatoms. The van der Waals surface area contributed by atoms with Crippen LogP contribution in [0.25, 0.3) is 0 Å². The molecule has 1 heterocycles. The number of nitrogens with one attached hydrogen (secondary N) is 1. The highest BCUT2D eigenvalue weighted by Crippen LogP contribution is 2.37. The highest BCUT2D eigenvalue weighted by atomic mass is 16.5. The number of ether oxygens (including phenoxy) is 1. The highest BCUT2D eigenvalue weighted by Gasteiger charge is 2.44. The van der Waals surface area contributed by atoms with Crippen LogP contribution in [0.15, 0.2) is 0 Å². The number of ketones is 2. The number of likely N-dealkylation sites (N-methyl/N-ethyl adjacent to an activating group) is 1. The molecule has 2 bridgehead atoms. The summed E-state index contributed by atoms with van der Waals surface area (Å²) in [6, 6.07) is 0.190. The molecule has 0 aromatic heterocycles. The van der Waals surface area contributed by atoms with Gasteiger partial charge in [0.1, 0.15) is 5.78 Å². The molecule has 1 amide bonds. The van der Waals surface area contributed by atoms with Crippen molar-refractivity contribution in [1.82, 2.24) is 10.2 Å². The summed E-state index contributed by atoms with van der Waals surface area (Å²) in [4.78, 5) is 40.2. The summed E-state index contributed by atoms with van der Waals surface area (Å²) in [5, 5.41) is 3.47. The fraction of sp³-hybridized carbons (Fsp3) is 0.875. The first-order valence-electron chi connectivity index (χ1n) is 11.7. The molecule has 1 unspecified atom stereocenters. The van der Waals surface area contributed by atoms with E-state index in [0.717, 1.165) is 25.7 Å². The topological polar surface area (TPSA) is 75.7 Å². The van der Waals surface area contributed by atoms with Gasteiger partial charge in [-0.15, -0.1) is 0 Å². The van der Waals surface area contributed by atoms with Gasteiger partial charge in [0, 0.05) is 39.0 Å². The van der Waals surface area contributed by atoms with Crippen molar-refractivity contribution in [2.75, 3.05) is 14.2 Å². The number of carbonyl (C=O) groups is 3. The summed E-state index contributed by atoms with van der Waals surface area (Å²) >= 11 is 0. The Kier molecular flexibility index (Phi) is 9.04. The molecule has 1 saturated heterocycles. The molecule has 2 rings (SSSR count). The van der Waals surface area contributed by atoms with Crippen molar-refractivity contribution < 1.29 is 19.1 Å². The number of amides is 1. The average Bonchev–Trinajstić information content (AvgIpc) is 3.33. The number of hydrogen-bond donors (Lipinski definition) is 1. The zero-order chi connectivity index (χ0) is 22.6. The van der Waals surface area contributed by atoms with E-state index in [9.17, 15) is 14.4 Å². The van der Waals surface area contributed by atoms with Crippen LogP contribution in [-0.2, 0) is 19.1 Å². The van der Waals surface area contributed by atoms with Gasteiger partial charge < -0.3 is 15.0 Å². The quantitative estimate of drug-likeness (QED) is 0.523. The molecule has 6 nitrogen and oxygen atoms in total. The van der Waals surface area contributed by atoms with Crippen LogP contribution in [-0.4, -0.2) is 60.8 Å². The Balaban J connectivity index is 2.16. The van der Waals surface area contributed by atoms with Gasteiger partial charge in [-0.25, -0.2) is 0 Å². The van der Waals surface area contributed by atoms with Gasteiger partial charge in [-0.05, 0) is 43.9 Å². The third-order valence-corrected chi connectivity index (χ3v) is 7.44. The highest BCUT2D eigenvalue weighted by molar-refractivity contribution is 5.90. The number of carbonyl (C=O) groups excluding carboxylic acids is 3. The van der Waals surface area contributed by atoms with Crippen LogP contribution in [0.3, 0.4) is 0 Å². The van der Waals surface area contributed by atoms with Crippen molar-refractivity contribution in [3.63, 3.8) is 0 Å². The number of rotatable bonds is 12. The second-order valence-corrected chi connectivity index (χ2v) is 9.94. The molecule has 0 aromatic carbocycles. The van der Waals surface area contributed by atoms with Crippen molar-refractivity contribution in [1.29, 1.82) is 0 Å². The van der Waals surface area contributed by atoms with Gasteiger partial charge in [0.25, 0.3) is 0 Å². The second-order valence-electron chi connectivity index (χ2n) is 9.94. The molecule has 0 spiro atoms. The van der Waals surface area contributed by atoms with Crippen LogP contribution in [0, 0.1) is 23.7 Å². The van der Waals surface area contributed by atoms with Crippen LogP contribution in [0.5, 0.6) is 0 Å². The largest absolute Gasteiger partial charge is 0.379 e. The molecule has 172 valence electrons. The van der Waals surface area contributed by atoms with Crippen LogP contribution in [0.4, 0.5) is 0 Å². The normalized spacial score (nSPS) is 27.0. The summed E-state index contributed by atoms with van der Waals surface area (Å²) in [6.45, 7) is 9.76. The number of fused-ring (bicyclic) bond motifs is 2. The monoisotopic (exact) mass is 422 g/mol. The van der Waals surface area contributed by atoms with Gasteiger partial charge >= 0.3 is 0 Å². The minimum Gasteiger partial charge on any atom is -0.379 e. The first kappa shape index (κ1) is 25.0. The van der Waals surface area contributed by atoms with Gasteiger partial charge in [-0.1, -0.05) is 34.1 Å². The van der Waals surface area contributed by atoms with E-state index in [2.05, 4.69) is 19.2 Å². The molecule has 0 aromatic rings. The lowest BCUT2D eigenvalue weighted by Crippen LogP contribution is -2.52. The van der Waals surface area contributed by atoms with Gasteiger partial charge in [-0.3, -0.25) is 14.4 Å². The standard InChI is InChI=1S/C24H42N2O4/c1-8-15(4)23(21(30-7)11-16(5)27)26(6)24(29)19(14(2)3)13-20(28)22-17-9-10-18(12-17)25-22/h14-15,17-19,21-23,25H,8-13H2,1-7H3/t15-,17-,18+,19?,21+,22-,23-/m0/s1. The zero-order valence-corrected chi connectivity index (χ0v) is 19.9. The lowest BCUT2D eigenvalue weighted by molar-refractivity contribution is -0.146. The van der Waals surface area contributed by atoms with Crippen molar-refractivity contribution in [3.05, 3.63) is 0 Å². The molecule has 30 heavy (non-hydrogen) atoms. The molecule has 1 N–H and O–H groups in total. The van der Waals surface area contributed by atoms with Crippen LogP contribution in [0.2, 0.25) is 0 Å². The van der Waals surface area contributed by atoms with Crippen molar-refractivity contribution in [2.45, 2.75) is 97.4 Å². The Bertz CT molecular complexity index is 620. The van der Waals surface area contributed by atoms with Crippen LogP contribution >= 0.6 is 0 Å². The van der Waals surface area contributed by atoms with Crippen molar-refractivity contribution >= 4 is 17.5 Å². The Labute approximate surface area is 182 Å². The van der Waals surface area contributed by atoms with Crippen LogP contribution < -0.4 is 5.32 Å². The molecule has 1 aliphatic carbocycles. The minimum absolute atomic E-state index is 0.0163. The predicted octanol–water partition coefficient (Wildman–Crippen LogP) is 3.23. The van der Waals surface area contributed by atoms with E-state index >= 15 is 0 Å². The molecule has 2 fully saturated rings. The maximum atomic E-state index is 13.6. The summed E-state index contributed by atoms with van der Waals surface area (Å²) in [6.07, 6.45) is 4.46. The van der Waals surface area contributed by atoms with E-state index in [1.807, 2.05) is 13.8 Å². The van der Waals surface area contributed by atoms with Gasteiger partial charge in [0.2, 0.25) is 5.91 Å². The molecule has 7 atom stereocenters. The second kappa shape index (κ2) is 10.9. The van der Waals surface area contributed by atoms with Gasteiger partial charge in [0.05, 0.1) is 18.2 Å². The third-order valence-electron chi connectivity index (χ3n) is 7.44. The Morgan fingerprint density at radius 2 is 1.80 bits per heavy atom. The molecule has 2 aliphatic rings. The summed E-state index contributed by atoms with van der Waals surface area (Å²) in [5.41, 5.74) is 0. The van der Waals surface area contributed by atoms with E-state index in [4.69, 9.17) is 4.74 Å². The van der Waals surface area contributed by atoms with Crippen molar-refractivity contribution in [3.8, 4) is 0 Å². The van der Waals surface area contributed by atoms with Gasteiger partial charge in [-0.2, -0.15) is 0 Å². The first-order chi connectivity index (χ1) is 14.1. The third kappa shape index (κ3) is 5.70. The summed E-state index contributed by atoms with van der Waals surface area (Å²) in [7, 11) is 3.41. The molecular weight excluding hydrogens is 380 g/mol. The smallest absolute Gasteiger partial charge is 0.226 e. The Morgan fingerprint density at radius 1 is 1.13 bits per heavy atom. The molecule has 1 aliphatic heterocycles. The van der Waals surface area contributed by atoms with E-state index < -0.39 is 0 Å². The molecular formula is C24H42N2O4. The number of methoxy groups -OCH3 is 1. The van der Waals surface area contributed by atoms with E-state index in [0.29, 0.717) is 12.0 Å². The lowest BCUT2D eigenvalue weighted by atomic mass is 9.83. The fourth-order valence-corrected chi connectivity index (χ4v) is 5.44. The lowest BCUT2D eigenvalue weighted by Gasteiger charge is -2.39. The first-order valence-corrected chi connectivity index (χ1v) is 11.7. The predicted molar refractivity (Wildman–Crippen MR) is 118 cm³/mol. The summed E-state index contributed by atoms with van der Waals surface area (Å²) < 4.78 is 5.66. The molecule has 0 radical (unpaired) electrons. The maximum absolute atomic E-state index is 13.6. The fourth-order valence-electron chi connectivity index (χ4n) is 5.44. The van der Waals surface area contributed by atoms with Crippen molar-refractivity contribution in [2.24, 2.45) is 23.7 Å². The average molecular weight is 423 g/mol. The van der Waals surface area contributed by atoms with E-state index in [1.54, 1.807) is 26.0 Å². The number of nitrogens with zero attached hydrogens (tertiary/aromatic N) is 1.